The molecule has 2 aromatic rings. The lowest BCUT2D eigenvalue weighted by atomic mass is 10.0. The predicted octanol–water partition coefficient (Wildman–Crippen LogP) is 2.75. The second kappa shape index (κ2) is 5.14. The van der Waals surface area contributed by atoms with Crippen molar-refractivity contribution >= 4 is 5.97 Å². The fourth-order valence-electron chi connectivity index (χ4n) is 1.89. The van der Waals surface area contributed by atoms with Gasteiger partial charge in [-0.2, -0.15) is 0 Å². The summed E-state index contributed by atoms with van der Waals surface area (Å²) in [5.41, 5.74) is 2.51. The lowest BCUT2D eigenvalue weighted by Gasteiger charge is -2.08. The van der Waals surface area contributed by atoms with Crippen molar-refractivity contribution in [1.82, 2.24) is 5.16 Å². The Bertz CT molecular complexity index is 616. The van der Waals surface area contributed by atoms with E-state index >= 15 is 0 Å². The molecule has 0 N–H and O–H groups in total. The molecule has 0 bridgehead atoms. The van der Waals surface area contributed by atoms with Crippen LogP contribution in [-0.2, 0) is 4.74 Å². The average Bonchev–Trinajstić information content (AvgIpc) is 2.79. The Morgan fingerprint density at radius 1 is 1.26 bits per heavy atom. The van der Waals surface area contributed by atoms with Gasteiger partial charge in [-0.05, 0) is 31.5 Å². The van der Waals surface area contributed by atoms with Crippen molar-refractivity contribution in [2.75, 3.05) is 14.2 Å². The van der Waals surface area contributed by atoms with Crippen LogP contribution in [0, 0.1) is 13.8 Å². The zero-order valence-electron chi connectivity index (χ0n) is 11.3. The number of carbonyl (C=O) groups is 1. The topological polar surface area (TPSA) is 61.6 Å². The molecule has 0 aliphatic rings. The third kappa shape index (κ3) is 2.31. The number of nitrogens with zero attached hydrogens (tertiary/aromatic N) is 1. The van der Waals surface area contributed by atoms with Crippen LogP contribution in [0.3, 0.4) is 0 Å². The number of rotatable bonds is 3. The number of benzene rings is 1. The summed E-state index contributed by atoms with van der Waals surface area (Å²) in [4.78, 5) is 11.8. The van der Waals surface area contributed by atoms with E-state index in [-0.39, 0.29) is 0 Å². The van der Waals surface area contributed by atoms with Gasteiger partial charge in [0.2, 0.25) is 0 Å². The third-order valence-electron chi connectivity index (χ3n) is 2.86. The maximum Gasteiger partial charge on any atom is 0.343 e. The Morgan fingerprint density at radius 3 is 2.63 bits per heavy atom. The molecule has 1 aromatic carbocycles. The Morgan fingerprint density at radius 2 is 2.00 bits per heavy atom. The molecule has 0 amide bonds. The minimum absolute atomic E-state index is 0.324. The fourth-order valence-corrected chi connectivity index (χ4v) is 1.89. The summed E-state index contributed by atoms with van der Waals surface area (Å²) < 4.78 is 15.2. The molecule has 19 heavy (non-hydrogen) atoms. The molecule has 0 spiro atoms. The molecule has 0 radical (unpaired) electrons. The summed E-state index contributed by atoms with van der Waals surface area (Å²) in [6.07, 6.45) is 0. The van der Waals surface area contributed by atoms with Gasteiger partial charge < -0.3 is 14.0 Å². The van der Waals surface area contributed by atoms with Gasteiger partial charge in [-0.25, -0.2) is 4.79 Å². The Kier molecular flexibility index (Phi) is 3.55. The number of aromatic nitrogens is 1. The highest BCUT2D eigenvalue weighted by Crippen LogP contribution is 2.33. The summed E-state index contributed by atoms with van der Waals surface area (Å²) in [6.45, 7) is 3.63. The molecule has 1 aromatic heterocycles. The quantitative estimate of drug-likeness (QED) is 0.795. The minimum atomic E-state index is -0.476. The van der Waals surface area contributed by atoms with Crippen LogP contribution in [-0.4, -0.2) is 25.3 Å². The van der Waals surface area contributed by atoms with Crippen LogP contribution >= 0.6 is 0 Å². The zero-order chi connectivity index (χ0) is 14.0. The normalized spacial score (nSPS) is 10.3. The first kappa shape index (κ1) is 13.1. The van der Waals surface area contributed by atoms with Crippen molar-refractivity contribution in [2.45, 2.75) is 13.8 Å². The predicted molar refractivity (Wildman–Crippen MR) is 69.3 cm³/mol. The fraction of sp³-hybridized carbons (Fsp3) is 0.286. The molecule has 0 unspecified atom stereocenters. The van der Waals surface area contributed by atoms with E-state index in [2.05, 4.69) is 5.16 Å². The van der Waals surface area contributed by atoms with E-state index in [1.54, 1.807) is 14.0 Å². The Balaban J connectivity index is 2.63. The van der Waals surface area contributed by atoms with Gasteiger partial charge in [-0.3, -0.25) is 0 Å². The SMILES string of the molecule is COC(=O)c1c(-c2ccc(C)cc2OC)noc1C. The van der Waals surface area contributed by atoms with E-state index in [0.29, 0.717) is 28.3 Å². The van der Waals surface area contributed by atoms with E-state index in [1.807, 2.05) is 25.1 Å². The lowest BCUT2D eigenvalue weighted by Crippen LogP contribution is -2.04. The van der Waals surface area contributed by atoms with Gasteiger partial charge in [-0.15, -0.1) is 0 Å². The van der Waals surface area contributed by atoms with Gasteiger partial charge in [0, 0.05) is 5.56 Å². The summed E-state index contributed by atoms with van der Waals surface area (Å²) in [6, 6.07) is 5.64. The van der Waals surface area contributed by atoms with Crippen molar-refractivity contribution < 1.29 is 18.8 Å². The molecular formula is C14H15NO4. The molecule has 1 heterocycles. The van der Waals surface area contributed by atoms with Gasteiger partial charge in [0.15, 0.2) is 0 Å². The number of aryl methyl sites for hydroxylation is 2. The zero-order valence-corrected chi connectivity index (χ0v) is 11.3. The van der Waals surface area contributed by atoms with Crippen molar-refractivity contribution in [3.05, 3.63) is 35.1 Å². The summed E-state index contributed by atoms with van der Waals surface area (Å²) in [5, 5.41) is 3.94. The van der Waals surface area contributed by atoms with Crippen LogP contribution in [0.4, 0.5) is 0 Å². The molecule has 2 rings (SSSR count). The van der Waals surface area contributed by atoms with Gasteiger partial charge >= 0.3 is 5.97 Å². The monoisotopic (exact) mass is 261 g/mol. The van der Waals surface area contributed by atoms with Gasteiger partial charge in [0.05, 0.1) is 14.2 Å². The smallest absolute Gasteiger partial charge is 0.343 e. The van der Waals surface area contributed by atoms with Crippen LogP contribution in [0.1, 0.15) is 21.7 Å². The van der Waals surface area contributed by atoms with Crippen LogP contribution in [0.2, 0.25) is 0 Å². The first-order valence-electron chi connectivity index (χ1n) is 5.78. The number of ether oxygens (including phenoxy) is 2. The second-order valence-electron chi connectivity index (χ2n) is 4.16. The summed E-state index contributed by atoms with van der Waals surface area (Å²) in [7, 11) is 2.90. The van der Waals surface area contributed by atoms with Crippen molar-refractivity contribution in [3.8, 4) is 17.0 Å². The second-order valence-corrected chi connectivity index (χ2v) is 4.16. The standard InChI is InChI=1S/C14H15NO4/c1-8-5-6-10(11(7-8)17-3)13-12(14(16)18-4)9(2)19-15-13/h5-7H,1-4H3. The molecule has 0 aliphatic heterocycles. The van der Waals surface area contributed by atoms with Crippen molar-refractivity contribution in [3.63, 3.8) is 0 Å². The number of carbonyl (C=O) groups excluding carboxylic acids is 1. The summed E-state index contributed by atoms with van der Waals surface area (Å²) >= 11 is 0. The van der Waals surface area contributed by atoms with Crippen LogP contribution in [0.5, 0.6) is 5.75 Å². The maximum atomic E-state index is 11.8. The van der Waals surface area contributed by atoms with E-state index in [0.717, 1.165) is 5.56 Å². The third-order valence-corrected chi connectivity index (χ3v) is 2.86. The van der Waals surface area contributed by atoms with Gasteiger partial charge in [0.1, 0.15) is 22.8 Å². The summed E-state index contributed by atoms with van der Waals surface area (Å²) in [5.74, 6) is 0.583. The molecule has 0 fully saturated rings. The van der Waals surface area contributed by atoms with Gasteiger partial charge in [-0.1, -0.05) is 11.2 Å². The average molecular weight is 261 g/mol. The maximum absolute atomic E-state index is 11.8. The first-order valence-corrected chi connectivity index (χ1v) is 5.78. The molecule has 0 atom stereocenters. The lowest BCUT2D eigenvalue weighted by molar-refractivity contribution is 0.0599. The molecule has 0 aliphatic carbocycles. The largest absolute Gasteiger partial charge is 0.496 e. The highest BCUT2D eigenvalue weighted by molar-refractivity contribution is 5.97. The van der Waals surface area contributed by atoms with E-state index < -0.39 is 5.97 Å². The van der Waals surface area contributed by atoms with E-state index in [9.17, 15) is 4.79 Å². The molecular weight excluding hydrogens is 246 g/mol. The van der Waals surface area contributed by atoms with Crippen LogP contribution in [0.15, 0.2) is 22.7 Å². The molecule has 0 saturated carbocycles. The van der Waals surface area contributed by atoms with Gasteiger partial charge in [0.25, 0.3) is 0 Å². The number of hydrogen-bond acceptors (Lipinski definition) is 5. The number of esters is 1. The Hall–Kier alpha value is -2.30. The van der Waals surface area contributed by atoms with Crippen molar-refractivity contribution in [1.29, 1.82) is 0 Å². The number of hydrogen-bond donors (Lipinski definition) is 0. The molecule has 0 saturated heterocycles. The molecule has 5 nitrogen and oxygen atoms in total. The molecule has 100 valence electrons. The van der Waals surface area contributed by atoms with E-state index in [1.165, 1.54) is 7.11 Å². The highest BCUT2D eigenvalue weighted by Gasteiger charge is 2.24. The minimum Gasteiger partial charge on any atom is -0.496 e. The first-order chi connectivity index (χ1) is 9.08. The van der Waals surface area contributed by atoms with Crippen LogP contribution < -0.4 is 4.74 Å². The van der Waals surface area contributed by atoms with Crippen LogP contribution in [0.25, 0.3) is 11.3 Å². The Labute approximate surface area is 111 Å². The highest BCUT2D eigenvalue weighted by atomic mass is 16.5. The van der Waals surface area contributed by atoms with E-state index in [4.69, 9.17) is 14.0 Å². The molecule has 5 heteroatoms. The number of methoxy groups -OCH3 is 2. The van der Waals surface area contributed by atoms with Crippen molar-refractivity contribution in [2.24, 2.45) is 0 Å².